The Morgan fingerprint density at radius 1 is 1.33 bits per heavy atom. The second-order valence-electron chi connectivity index (χ2n) is 5.93. The zero-order valence-electron chi connectivity index (χ0n) is 12.9. The van der Waals surface area contributed by atoms with Crippen LogP contribution in [0.25, 0.3) is 11.0 Å². The van der Waals surface area contributed by atoms with E-state index in [2.05, 4.69) is 25.1 Å². The van der Waals surface area contributed by atoms with Crippen molar-refractivity contribution < 1.29 is 4.79 Å². The number of amides is 1. The summed E-state index contributed by atoms with van der Waals surface area (Å²) in [5.74, 6) is -0.0399. The maximum Gasteiger partial charge on any atom is 0.272 e. The van der Waals surface area contributed by atoms with Crippen LogP contribution in [0.5, 0.6) is 0 Å². The van der Waals surface area contributed by atoms with Crippen molar-refractivity contribution in [2.45, 2.75) is 18.8 Å². The van der Waals surface area contributed by atoms with Gasteiger partial charge in [0, 0.05) is 30.5 Å². The molecule has 1 unspecified atom stereocenters. The molecule has 122 valence electrons. The fraction of sp³-hybridized carbons (Fsp3) is 0.312. The predicted octanol–water partition coefficient (Wildman–Crippen LogP) is 1.06. The molecule has 2 N–H and O–H groups in total. The van der Waals surface area contributed by atoms with Gasteiger partial charge in [-0.3, -0.25) is 14.7 Å². The van der Waals surface area contributed by atoms with E-state index in [4.69, 9.17) is 0 Å². The lowest BCUT2D eigenvalue weighted by atomic mass is 9.94. The summed E-state index contributed by atoms with van der Waals surface area (Å²) in [5, 5.41) is 7.57. The number of rotatable bonds is 2. The summed E-state index contributed by atoms with van der Waals surface area (Å²) in [7, 11) is 0. The van der Waals surface area contributed by atoms with Crippen molar-refractivity contribution in [1.29, 1.82) is 0 Å². The van der Waals surface area contributed by atoms with Crippen LogP contribution >= 0.6 is 0 Å². The Morgan fingerprint density at radius 3 is 3.12 bits per heavy atom. The molecule has 0 aliphatic carbocycles. The first-order valence-corrected chi connectivity index (χ1v) is 7.85. The van der Waals surface area contributed by atoms with Gasteiger partial charge in [0.25, 0.3) is 11.5 Å². The molecule has 8 nitrogen and oxygen atoms in total. The number of fused-ring (bicyclic) bond motifs is 1. The van der Waals surface area contributed by atoms with Crippen LogP contribution in [0.4, 0.5) is 0 Å². The van der Waals surface area contributed by atoms with Gasteiger partial charge in [-0.15, -0.1) is 0 Å². The number of hydrogen-bond donors (Lipinski definition) is 2. The fourth-order valence-electron chi connectivity index (χ4n) is 3.12. The molecule has 3 aromatic heterocycles. The van der Waals surface area contributed by atoms with E-state index < -0.39 is 0 Å². The standard InChI is InChI=1S/C16H16N6O2/c23-14-6-13(17-9-18-14)11-2-1-5-22(8-11)16(24)12-4-3-10-7-19-21-15(10)20-12/h3-4,6-7,9,11H,1-2,5,8H2,(H,17,18,23)(H,19,20,21). The first-order chi connectivity index (χ1) is 11.7. The second-order valence-corrected chi connectivity index (χ2v) is 5.93. The molecule has 1 fully saturated rings. The highest BCUT2D eigenvalue weighted by atomic mass is 16.2. The number of aromatic amines is 2. The number of piperidine rings is 1. The van der Waals surface area contributed by atoms with Crippen molar-refractivity contribution >= 4 is 16.9 Å². The predicted molar refractivity (Wildman–Crippen MR) is 86.6 cm³/mol. The molecule has 0 aromatic carbocycles. The van der Waals surface area contributed by atoms with Crippen LogP contribution in [0.2, 0.25) is 0 Å². The van der Waals surface area contributed by atoms with Crippen LogP contribution in [-0.4, -0.2) is 49.0 Å². The van der Waals surface area contributed by atoms with Gasteiger partial charge < -0.3 is 9.88 Å². The van der Waals surface area contributed by atoms with E-state index in [-0.39, 0.29) is 17.4 Å². The molecule has 1 amide bonds. The molecule has 0 bridgehead atoms. The van der Waals surface area contributed by atoms with Gasteiger partial charge in [0.2, 0.25) is 0 Å². The molecule has 4 rings (SSSR count). The maximum absolute atomic E-state index is 12.7. The summed E-state index contributed by atoms with van der Waals surface area (Å²) in [6.45, 7) is 1.22. The van der Waals surface area contributed by atoms with Crippen LogP contribution < -0.4 is 5.56 Å². The second kappa shape index (κ2) is 5.88. The number of likely N-dealkylation sites (tertiary alicyclic amines) is 1. The minimum Gasteiger partial charge on any atom is -0.337 e. The highest BCUT2D eigenvalue weighted by Gasteiger charge is 2.27. The minimum atomic E-state index is -0.171. The lowest BCUT2D eigenvalue weighted by Crippen LogP contribution is -2.39. The van der Waals surface area contributed by atoms with Crippen molar-refractivity contribution in [3.8, 4) is 0 Å². The van der Waals surface area contributed by atoms with Gasteiger partial charge >= 0.3 is 0 Å². The zero-order chi connectivity index (χ0) is 16.5. The average molecular weight is 324 g/mol. The van der Waals surface area contributed by atoms with Gasteiger partial charge in [-0.2, -0.15) is 5.10 Å². The monoisotopic (exact) mass is 324 g/mol. The summed E-state index contributed by atoms with van der Waals surface area (Å²) in [5.41, 5.74) is 1.56. The molecule has 1 aliphatic heterocycles. The Morgan fingerprint density at radius 2 is 2.25 bits per heavy atom. The van der Waals surface area contributed by atoms with Crippen molar-refractivity contribution in [2.75, 3.05) is 13.1 Å². The summed E-state index contributed by atoms with van der Waals surface area (Å²) in [4.78, 5) is 37.1. The average Bonchev–Trinajstić information content (AvgIpc) is 3.09. The molecular weight excluding hydrogens is 308 g/mol. The van der Waals surface area contributed by atoms with E-state index >= 15 is 0 Å². The molecule has 0 saturated carbocycles. The molecule has 1 atom stereocenters. The third kappa shape index (κ3) is 2.66. The first-order valence-electron chi connectivity index (χ1n) is 7.85. The van der Waals surface area contributed by atoms with Crippen LogP contribution in [-0.2, 0) is 0 Å². The number of carbonyl (C=O) groups is 1. The lowest BCUT2D eigenvalue weighted by Gasteiger charge is -2.32. The number of carbonyl (C=O) groups excluding carboxylic acids is 1. The summed E-state index contributed by atoms with van der Waals surface area (Å²) >= 11 is 0. The number of hydrogen-bond acceptors (Lipinski definition) is 5. The number of nitrogens with zero attached hydrogens (tertiary/aromatic N) is 4. The summed E-state index contributed by atoms with van der Waals surface area (Å²) < 4.78 is 0. The van der Waals surface area contributed by atoms with Gasteiger partial charge in [-0.05, 0) is 25.0 Å². The van der Waals surface area contributed by atoms with E-state index in [9.17, 15) is 9.59 Å². The number of pyridine rings is 1. The van der Waals surface area contributed by atoms with Crippen molar-refractivity contribution in [2.24, 2.45) is 0 Å². The third-order valence-electron chi connectivity index (χ3n) is 4.35. The molecule has 8 heteroatoms. The van der Waals surface area contributed by atoms with Crippen molar-refractivity contribution in [3.05, 3.63) is 52.5 Å². The Bertz CT molecular complexity index is 947. The molecular formula is C16H16N6O2. The largest absolute Gasteiger partial charge is 0.337 e. The molecule has 3 aromatic rings. The maximum atomic E-state index is 12.7. The Balaban J connectivity index is 1.56. The van der Waals surface area contributed by atoms with E-state index in [1.807, 2.05) is 6.07 Å². The Kier molecular flexibility index (Phi) is 3.56. The van der Waals surface area contributed by atoms with E-state index in [0.29, 0.717) is 24.4 Å². The van der Waals surface area contributed by atoms with Gasteiger partial charge in [0.1, 0.15) is 5.69 Å². The first kappa shape index (κ1) is 14.6. The van der Waals surface area contributed by atoms with Gasteiger partial charge in [0.15, 0.2) is 5.65 Å². The smallest absolute Gasteiger partial charge is 0.272 e. The highest BCUT2D eigenvalue weighted by molar-refractivity contribution is 5.94. The molecule has 0 radical (unpaired) electrons. The lowest BCUT2D eigenvalue weighted by molar-refractivity contribution is 0.0700. The Hall–Kier alpha value is -3.03. The molecule has 1 saturated heterocycles. The highest BCUT2D eigenvalue weighted by Crippen LogP contribution is 2.25. The third-order valence-corrected chi connectivity index (χ3v) is 4.35. The minimum absolute atomic E-state index is 0.0703. The summed E-state index contributed by atoms with van der Waals surface area (Å²) in [6, 6.07) is 5.06. The number of H-pyrrole nitrogens is 2. The topological polar surface area (TPSA) is 108 Å². The normalized spacial score (nSPS) is 18.0. The van der Waals surface area contributed by atoms with Gasteiger partial charge in [0.05, 0.1) is 18.2 Å². The van der Waals surface area contributed by atoms with Crippen LogP contribution in [0, 0.1) is 0 Å². The van der Waals surface area contributed by atoms with E-state index in [0.717, 1.165) is 23.9 Å². The summed E-state index contributed by atoms with van der Waals surface area (Å²) in [6.07, 6.45) is 4.86. The molecule has 1 aliphatic rings. The zero-order valence-corrected chi connectivity index (χ0v) is 12.9. The Labute approximate surface area is 136 Å². The van der Waals surface area contributed by atoms with Crippen LogP contribution in [0.15, 0.2) is 35.5 Å². The molecule has 4 heterocycles. The number of aromatic nitrogens is 5. The van der Waals surface area contributed by atoms with Crippen molar-refractivity contribution in [1.82, 2.24) is 30.0 Å². The quantitative estimate of drug-likeness (QED) is 0.733. The van der Waals surface area contributed by atoms with Gasteiger partial charge in [-0.25, -0.2) is 9.97 Å². The van der Waals surface area contributed by atoms with Crippen LogP contribution in [0.3, 0.4) is 0 Å². The number of nitrogens with one attached hydrogen (secondary N) is 2. The van der Waals surface area contributed by atoms with Gasteiger partial charge in [-0.1, -0.05) is 0 Å². The van der Waals surface area contributed by atoms with E-state index in [1.54, 1.807) is 17.2 Å². The SMILES string of the molecule is O=C(c1ccc2cn[nH]c2n1)N1CCCC(c2cc(=O)[nH]cn2)C1. The van der Waals surface area contributed by atoms with E-state index in [1.165, 1.54) is 12.4 Å². The van der Waals surface area contributed by atoms with Crippen LogP contribution in [0.1, 0.15) is 34.9 Å². The fourth-order valence-corrected chi connectivity index (χ4v) is 3.12. The molecule has 24 heavy (non-hydrogen) atoms. The molecule has 0 spiro atoms. The van der Waals surface area contributed by atoms with Crippen molar-refractivity contribution in [3.63, 3.8) is 0 Å².